The number of carboxylic acid groups (broad SMARTS) is 1. The first kappa shape index (κ1) is 16.9. The van der Waals surface area contributed by atoms with E-state index in [-0.39, 0.29) is 5.69 Å². The summed E-state index contributed by atoms with van der Waals surface area (Å²) in [4.78, 5) is 26.4. The molecule has 0 radical (unpaired) electrons. The zero-order valence-electron chi connectivity index (χ0n) is 11.7. The maximum absolute atomic E-state index is 12.4. The van der Waals surface area contributed by atoms with Crippen molar-refractivity contribution in [3.63, 3.8) is 0 Å². The van der Waals surface area contributed by atoms with Gasteiger partial charge in [0.2, 0.25) is 0 Å². The van der Waals surface area contributed by atoms with Crippen LogP contribution in [0.3, 0.4) is 0 Å². The van der Waals surface area contributed by atoms with E-state index in [0.29, 0.717) is 6.20 Å². The second-order valence-electron chi connectivity index (χ2n) is 5.54. The highest BCUT2D eigenvalue weighted by Gasteiger charge is 2.34. The third-order valence-electron chi connectivity index (χ3n) is 2.71. The van der Waals surface area contributed by atoms with Crippen LogP contribution in [-0.2, 0) is 11.0 Å². The van der Waals surface area contributed by atoms with Crippen LogP contribution in [0, 0.1) is 5.41 Å². The van der Waals surface area contributed by atoms with Gasteiger partial charge in [-0.15, -0.1) is 0 Å². The Kier molecular flexibility index (Phi) is 4.60. The molecule has 8 heteroatoms. The number of carbonyl (C=O) groups excluding carboxylic acids is 1. The second kappa shape index (κ2) is 5.71. The number of hydrogen-bond donors (Lipinski definition) is 2. The zero-order valence-corrected chi connectivity index (χ0v) is 11.7. The number of alkyl halides is 3. The highest BCUT2D eigenvalue weighted by molar-refractivity contribution is 5.95. The number of nitrogens with one attached hydrogen (secondary N) is 1. The van der Waals surface area contributed by atoms with Crippen molar-refractivity contribution in [2.75, 3.05) is 0 Å². The first-order chi connectivity index (χ1) is 9.43. The Morgan fingerprint density at radius 3 is 2.14 bits per heavy atom. The van der Waals surface area contributed by atoms with Gasteiger partial charge in [-0.25, -0.2) is 4.79 Å². The van der Waals surface area contributed by atoms with Gasteiger partial charge in [0.15, 0.2) is 0 Å². The lowest BCUT2D eigenvalue weighted by Crippen LogP contribution is -2.49. The molecule has 1 amide bonds. The standard InChI is InChI=1S/C13H15F3N2O3/c1-12(2,3)9(11(20)21)18-10(19)8-5-4-7(6-17-8)13(14,15)16/h4-6,9H,1-3H3,(H,18,19)(H,20,21)/t9-/m1/s1. The fraction of sp³-hybridized carbons (Fsp3) is 0.462. The normalized spacial score (nSPS) is 13.6. The SMILES string of the molecule is CC(C)(C)[C@H](NC(=O)c1ccc(C(F)(F)F)cn1)C(=O)O. The summed E-state index contributed by atoms with van der Waals surface area (Å²) in [5.74, 6) is -2.08. The molecule has 5 nitrogen and oxygen atoms in total. The molecule has 1 rings (SSSR count). The van der Waals surface area contributed by atoms with Gasteiger partial charge in [-0.05, 0) is 17.5 Å². The maximum Gasteiger partial charge on any atom is 0.417 e. The maximum atomic E-state index is 12.4. The summed E-state index contributed by atoms with van der Waals surface area (Å²) in [5, 5.41) is 11.3. The molecule has 0 saturated carbocycles. The Morgan fingerprint density at radius 2 is 1.81 bits per heavy atom. The van der Waals surface area contributed by atoms with Crippen LogP contribution >= 0.6 is 0 Å². The minimum Gasteiger partial charge on any atom is -0.480 e. The Bertz CT molecular complexity index is 533. The molecule has 0 aliphatic heterocycles. The Balaban J connectivity index is 2.92. The van der Waals surface area contributed by atoms with E-state index in [1.54, 1.807) is 20.8 Å². The van der Waals surface area contributed by atoms with Crippen molar-refractivity contribution >= 4 is 11.9 Å². The van der Waals surface area contributed by atoms with Crippen LogP contribution in [0.2, 0.25) is 0 Å². The number of aliphatic carboxylic acids is 1. The Labute approximate surface area is 119 Å². The predicted octanol–water partition coefficient (Wildman–Crippen LogP) is 2.33. The van der Waals surface area contributed by atoms with Gasteiger partial charge < -0.3 is 10.4 Å². The Hall–Kier alpha value is -2.12. The van der Waals surface area contributed by atoms with Gasteiger partial charge in [-0.3, -0.25) is 9.78 Å². The molecule has 0 unspecified atom stereocenters. The van der Waals surface area contributed by atoms with E-state index in [4.69, 9.17) is 5.11 Å². The lowest BCUT2D eigenvalue weighted by atomic mass is 9.86. The van der Waals surface area contributed by atoms with Crippen molar-refractivity contribution in [3.05, 3.63) is 29.6 Å². The largest absolute Gasteiger partial charge is 0.480 e. The van der Waals surface area contributed by atoms with Gasteiger partial charge in [0, 0.05) is 6.20 Å². The molecular weight excluding hydrogens is 289 g/mol. The summed E-state index contributed by atoms with van der Waals surface area (Å²) in [5.41, 5.74) is -2.02. The second-order valence-corrected chi connectivity index (χ2v) is 5.54. The number of hydrogen-bond acceptors (Lipinski definition) is 3. The molecule has 1 aromatic rings. The van der Waals surface area contributed by atoms with Gasteiger partial charge in [-0.2, -0.15) is 13.2 Å². The molecule has 2 N–H and O–H groups in total. The number of halogens is 3. The number of pyridine rings is 1. The number of nitrogens with zero attached hydrogens (tertiary/aromatic N) is 1. The van der Waals surface area contributed by atoms with Crippen LogP contribution in [0.15, 0.2) is 18.3 Å². The van der Waals surface area contributed by atoms with Crippen LogP contribution in [0.4, 0.5) is 13.2 Å². The first-order valence-electron chi connectivity index (χ1n) is 6.00. The highest BCUT2D eigenvalue weighted by Crippen LogP contribution is 2.28. The third-order valence-corrected chi connectivity index (χ3v) is 2.71. The number of aromatic nitrogens is 1. The van der Waals surface area contributed by atoms with Crippen LogP contribution in [0.1, 0.15) is 36.8 Å². The number of carbonyl (C=O) groups is 2. The summed E-state index contributed by atoms with van der Waals surface area (Å²) < 4.78 is 37.1. The van der Waals surface area contributed by atoms with E-state index in [1.807, 2.05) is 0 Å². The number of rotatable bonds is 3. The summed E-state index contributed by atoms with van der Waals surface area (Å²) in [6.07, 6.45) is -4.02. The van der Waals surface area contributed by atoms with Gasteiger partial charge in [0.05, 0.1) is 5.56 Å². The Morgan fingerprint density at radius 1 is 1.24 bits per heavy atom. The predicted molar refractivity (Wildman–Crippen MR) is 67.6 cm³/mol. The summed E-state index contributed by atoms with van der Waals surface area (Å²) in [6, 6.07) is 0.434. The zero-order chi connectivity index (χ0) is 16.4. The molecule has 0 aromatic carbocycles. The first-order valence-corrected chi connectivity index (χ1v) is 6.00. The van der Waals surface area contributed by atoms with Gasteiger partial charge in [-0.1, -0.05) is 20.8 Å². The monoisotopic (exact) mass is 304 g/mol. The summed E-state index contributed by atoms with van der Waals surface area (Å²) >= 11 is 0. The molecule has 116 valence electrons. The lowest BCUT2D eigenvalue weighted by molar-refractivity contribution is -0.142. The van der Waals surface area contributed by atoms with Crippen LogP contribution in [0.25, 0.3) is 0 Å². The number of carboxylic acids is 1. The van der Waals surface area contributed by atoms with Crippen molar-refractivity contribution in [1.82, 2.24) is 10.3 Å². The summed E-state index contributed by atoms with van der Waals surface area (Å²) in [7, 11) is 0. The molecule has 1 aromatic heterocycles. The minimum atomic E-state index is -4.54. The van der Waals surface area contributed by atoms with Crippen molar-refractivity contribution in [2.45, 2.75) is 33.0 Å². The lowest BCUT2D eigenvalue weighted by Gasteiger charge is -2.27. The third kappa shape index (κ3) is 4.44. The van der Waals surface area contributed by atoms with Gasteiger partial charge in [0.25, 0.3) is 5.91 Å². The fourth-order valence-corrected chi connectivity index (χ4v) is 1.55. The van der Waals surface area contributed by atoms with Crippen LogP contribution in [-0.4, -0.2) is 28.0 Å². The van der Waals surface area contributed by atoms with Gasteiger partial charge in [0.1, 0.15) is 11.7 Å². The van der Waals surface area contributed by atoms with E-state index in [0.717, 1.165) is 12.1 Å². The van der Waals surface area contributed by atoms with Crippen molar-refractivity contribution in [3.8, 4) is 0 Å². The average Bonchev–Trinajstić information content (AvgIpc) is 2.33. The quantitative estimate of drug-likeness (QED) is 0.898. The fourth-order valence-electron chi connectivity index (χ4n) is 1.55. The average molecular weight is 304 g/mol. The van der Waals surface area contributed by atoms with E-state index in [2.05, 4.69) is 10.3 Å². The van der Waals surface area contributed by atoms with Crippen molar-refractivity contribution in [1.29, 1.82) is 0 Å². The van der Waals surface area contributed by atoms with E-state index in [9.17, 15) is 22.8 Å². The smallest absolute Gasteiger partial charge is 0.417 e. The molecular formula is C13H15F3N2O3. The van der Waals surface area contributed by atoms with Crippen LogP contribution < -0.4 is 5.32 Å². The topological polar surface area (TPSA) is 79.3 Å². The van der Waals surface area contributed by atoms with Crippen LogP contribution in [0.5, 0.6) is 0 Å². The highest BCUT2D eigenvalue weighted by atomic mass is 19.4. The molecule has 0 bridgehead atoms. The molecule has 1 atom stereocenters. The van der Waals surface area contributed by atoms with Crippen molar-refractivity contribution in [2.24, 2.45) is 5.41 Å². The molecule has 21 heavy (non-hydrogen) atoms. The van der Waals surface area contributed by atoms with Crippen molar-refractivity contribution < 1.29 is 27.9 Å². The summed E-state index contributed by atoms with van der Waals surface area (Å²) in [6.45, 7) is 4.85. The van der Waals surface area contributed by atoms with E-state index in [1.165, 1.54) is 0 Å². The molecule has 0 aliphatic carbocycles. The van der Waals surface area contributed by atoms with Gasteiger partial charge >= 0.3 is 12.1 Å². The van der Waals surface area contributed by atoms with E-state index >= 15 is 0 Å². The van der Waals surface area contributed by atoms with E-state index < -0.39 is 35.1 Å². The number of amides is 1. The molecule has 0 saturated heterocycles. The minimum absolute atomic E-state index is 0.279. The molecule has 0 fully saturated rings. The molecule has 0 spiro atoms. The molecule has 1 heterocycles. The molecule has 0 aliphatic rings.